The molecule has 2 atom stereocenters. The van der Waals surface area contributed by atoms with Gasteiger partial charge in [-0.15, -0.1) is 0 Å². The minimum absolute atomic E-state index is 0.143. The number of nitrogens with zero attached hydrogens (tertiary/aromatic N) is 1. The van der Waals surface area contributed by atoms with Crippen molar-refractivity contribution in [2.24, 2.45) is 27.9 Å². The molecular weight excluding hydrogens is 232 g/mol. The molecule has 0 aliphatic heterocycles. The molecular formula is C17H26N2. The van der Waals surface area contributed by atoms with Crippen molar-refractivity contribution in [2.45, 2.75) is 65.7 Å². The number of rotatable bonds is 2. The van der Waals surface area contributed by atoms with E-state index in [2.05, 4.69) is 26.8 Å². The van der Waals surface area contributed by atoms with Crippen LogP contribution in [0.3, 0.4) is 0 Å². The summed E-state index contributed by atoms with van der Waals surface area (Å²) in [6, 6.07) is 2.36. The Hall–Kier alpha value is -0.970. The highest BCUT2D eigenvalue weighted by atomic mass is 14.7. The van der Waals surface area contributed by atoms with Gasteiger partial charge in [0.15, 0.2) is 0 Å². The van der Waals surface area contributed by atoms with Gasteiger partial charge >= 0.3 is 0 Å². The molecule has 4 bridgehead atoms. The van der Waals surface area contributed by atoms with Gasteiger partial charge in [0.2, 0.25) is 0 Å². The maximum atomic E-state index is 9.34. The molecule has 2 heteroatoms. The average molecular weight is 258 g/mol. The average Bonchev–Trinajstić information content (AvgIpc) is 2.25. The van der Waals surface area contributed by atoms with Gasteiger partial charge in [-0.25, -0.2) is 0 Å². The Bertz CT molecular complexity index is 464. The number of allylic oxidation sites excluding steroid dienone is 2. The molecule has 0 heterocycles. The minimum atomic E-state index is 0.143. The predicted octanol–water partition coefficient (Wildman–Crippen LogP) is 4.13. The van der Waals surface area contributed by atoms with Gasteiger partial charge in [-0.2, -0.15) is 5.26 Å². The molecule has 0 amide bonds. The van der Waals surface area contributed by atoms with E-state index in [0.29, 0.717) is 10.8 Å². The summed E-state index contributed by atoms with van der Waals surface area (Å²) in [5, 5.41) is 9.34. The SMILES string of the molecule is CCC(C#N)=C(N)C12CC3CC(C)(CC(C)(C3)C1)C2. The lowest BCUT2D eigenvalue weighted by Gasteiger charge is -2.65. The fourth-order valence-electron chi connectivity index (χ4n) is 6.40. The third-order valence-corrected chi connectivity index (χ3v) is 6.01. The molecule has 4 saturated carbocycles. The summed E-state index contributed by atoms with van der Waals surface area (Å²) in [5.74, 6) is 0.835. The zero-order valence-electron chi connectivity index (χ0n) is 12.6. The molecule has 104 valence electrons. The van der Waals surface area contributed by atoms with Crippen LogP contribution < -0.4 is 5.73 Å². The Kier molecular flexibility index (Phi) is 2.59. The highest BCUT2D eigenvalue weighted by Crippen LogP contribution is 2.71. The lowest BCUT2D eigenvalue weighted by Crippen LogP contribution is -2.56. The fourth-order valence-corrected chi connectivity index (χ4v) is 6.40. The molecule has 2 N–H and O–H groups in total. The van der Waals surface area contributed by atoms with Gasteiger partial charge < -0.3 is 5.73 Å². The van der Waals surface area contributed by atoms with E-state index in [0.717, 1.165) is 23.6 Å². The lowest BCUT2D eigenvalue weighted by molar-refractivity contribution is -0.129. The molecule has 4 aliphatic rings. The lowest BCUT2D eigenvalue weighted by atomic mass is 9.39. The van der Waals surface area contributed by atoms with Gasteiger partial charge in [0, 0.05) is 16.7 Å². The van der Waals surface area contributed by atoms with Crippen LogP contribution in [0.4, 0.5) is 0 Å². The Morgan fingerprint density at radius 3 is 2.16 bits per heavy atom. The number of nitrogens with two attached hydrogens (primary N) is 1. The molecule has 0 radical (unpaired) electrons. The quantitative estimate of drug-likeness (QED) is 0.757. The van der Waals surface area contributed by atoms with Crippen LogP contribution in [0.2, 0.25) is 0 Å². The summed E-state index contributed by atoms with van der Waals surface area (Å²) in [6.45, 7) is 6.96. The van der Waals surface area contributed by atoms with Gasteiger partial charge in [0.05, 0.1) is 6.07 Å². The highest BCUT2D eigenvalue weighted by molar-refractivity contribution is 5.33. The predicted molar refractivity (Wildman–Crippen MR) is 77.0 cm³/mol. The van der Waals surface area contributed by atoms with Crippen molar-refractivity contribution in [1.82, 2.24) is 0 Å². The maximum absolute atomic E-state index is 9.34. The normalized spacial score (nSPS) is 48.8. The topological polar surface area (TPSA) is 49.8 Å². The summed E-state index contributed by atoms with van der Waals surface area (Å²) >= 11 is 0. The molecule has 0 saturated heterocycles. The van der Waals surface area contributed by atoms with E-state index in [1.165, 1.54) is 38.5 Å². The molecule has 4 fully saturated rings. The van der Waals surface area contributed by atoms with E-state index in [1.54, 1.807) is 0 Å². The van der Waals surface area contributed by atoms with Crippen LogP contribution in [-0.4, -0.2) is 0 Å². The molecule has 2 nitrogen and oxygen atoms in total. The monoisotopic (exact) mass is 258 g/mol. The second-order valence-corrected chi connectivity index (χ2v) is 8.27. The van der Waals surface area contributed by atoms with Crippen LogP contribution in [0.15, 0.2) is 11.3 Å². The largest absolute Gasteiger partial charge is 0.401 e. The molecule has 0 aromatic carbocycles. The van der Waals surface area contributed by atoms with Crippen molar-refractivity contribution < 1.29 is 0 Å². The van der Waals surface area contributed by atoms with Gasteiger partial charge in [-0.05, 0) is 61.7 Å². The van der Waals surface area contributed by atoms with E-state index in [4.69, 9.17) is 5.73 Å². The Morgan fingerprint density at radius 2 is 1.74 bits per heavy atom. The number of nitriles is 1. The van der Waals surface area contributed by atoms with Crippen molar-refractivity contribution >= 4 is 0 Å². The summed E-state index contributed by atoms with van der Waals surface area (Å²) < 4.78 is 0. The molecule has 0 spiro atoms. The van der Waals surface area contributed by atoms with Crippen molar-refractivity contribution in [3.8, 4) is 6.07 Å². The van der Waals surface area contributed by atoms with Crippen LogP contribution in [0.5, 0.6) is 0 Å². The Balaban J connectivity index is 2.06. The first-order valence-corrected chi connectivity index (χ1v) is 7.73. The van der Waals surface area contributed by atoms with Crippen LogP contribution >= 0.6 is 0 Å². The van der Waals surface area contributed by atoms with E-state index in [1.807, 2.05) is 0 Å². The summed E-state index contributed by atoms with van der Waals surface area (Å²) in [5.41, 5.74) is 9.37. The smallest absolute Gasteiger partial charge is 0.0965 e. The zero-order chi connectivity index (χ0) is 13.9. The highest BCUT2D eigenvalue weighted by Gasteiger charge is 2.61. The third kappa shape index (κ3) is 1.82. The van der Waals surface area contributed by atoms with Crippen LogP contribution in [0.1, 0.15) is 65.7 Å². The van der Waals surface area contributed by atoms with E-state index in [-0.39, 0.29) is 5.41 Å². The van der Waals surface area contributed by atoms with Gasteiger partial charge in [-0.3, -0.25) is 0 Å². The molecule has 19 heavy (non-hydrogen) atoms. The van der Waals surface area contributed by atoms with E-state index >= 15 is 0 Å². The Morgan fingerprint density at radius 1 is 1.16 bits per heavy atom. The second-order valence-electron chi connectivity index (χ2n) is 8.27. The summed E-state index contributed by atoms with van der Waals surface area (Å²) in [7, 11) is 0. The molecule has 4 aliphatic carbocycles. The van der Waals surface area contributed by atoms with Crippen molar-refractivity contribution in [3.05, 3.63) is 11.3 Å². The van der Waals surface area contributed by atoms with Crippen LogP contribution in [0, 0.1) is 33.5 Å². The van der Waals surface area contributed by atoms with Crippen LogP contribution in [-0.2, 0) is 0 Å². The third-order valence-electron chi connectivity index (χ3n) is 6.01. The fraction of sp³-hybridized carbons (Fsp3) is 0.824. The molecule has 0 aromatic rings. The Labute approximate surface area is 117 Å². The first kappa shape index (κ1) is 13.0. The maximum Gasteiger partial charge on any atom is 0.0965 e. The number of hydrogen-bond acceptors (Lipinski definition) is 2. The summed E-state index contributed by atoms with van der Waals surface area (Å²) in [6.07, 6.45) is 8.56. The van der Waals surface area contributed by atoms with Crippen molar-refractivity contribution in [1.29, 1.82) is 5.26 Å². The standard InChI is InChI=1S/C17H26N2/c1-4-13(8-18)14(19)17-7-12-5-15(2,10-17)9-16(3,6-12)11-17/h12H,4-7,9-11,19H2,1-3H3. The zero-order valence-corrected chi connectivity index (χ0v) is 12.6. The van der Waals surface area contributed by atoms with Crippen molar-refractivity contribution in [2.75, 3.05) is 0 Å². The van der Waals surface area contributed by atoms with Gasteiger partial charge in [0.25, 0.3) is 0 Å². The van der Waals surface area contributed by atoms with Crippen molar-refractivity contribution in [3.63, 3.8) is 0 Å². The van der Waals surface area contributed by atoms with E-state index in [9.17, 15) is 5.26 Å². The van der Waals surface area contributed by atoms with Gasteiger partial charge in [0.1, 0.15) is 0 Å². The minimum Gasteiger partial charge on any atom is -0.401 e. The summed E-state index contributed by atoms with van der Waals surface area (Å²) in [4.78, 5) is 0. The number of hydrogen-bond donors (Lipinski definition) is 1. The molecule has 4 rings (SSSR count). The second kappa shape index (κ2) is 3.78. The first-order chi connectivity index (χ1) is 8.84. The molecule has 0 aromatic heterocycles. The molecule has 2 unspecified atom stereocenters. The van der Waals surface area contributed by atoms with E-state index < -0.39 is 0 Å². The first-order valence-electron chi connectivity index (χ1n) is 7.73. The van der Waals surface area contributed by atoms with Gasteiger partial charge in [-0.1, -0.05) is 20.8 Å². The van der Waals surface area contributed by atoms with Crippen LogP contribution in [0.25, 0.3) is 0 Å².